The van der Waals surface area contributed by atoms with Gasteiger partial charge in [0.15, 0.2) is 0 Å². The van der Waals surface area contributed by atoms with Crippen molar-refractivity contribution >= 4 is 22.9 Å². The summed E-state index contributed by atoms with van der Waals surface area (Å²) in [5.74, 6) is 0.494. The number of amides is 1. The topological polar surface area (TPSA) is 64.7 Å². The van der Waals surface area contributed by atoms with Crippen molar-refractivity contribution in [2.75, 3.05) is 5.32 Å². The highest BCUT2D eigenvalue weighted by atomic mass is 16.1. The zero-order valence-corrected chi connectivity index (χ0v) is 15.2. The largest absolute Gasteiger partial charge is 0.310 e. The molecule has 0 spiro atoms. The Morgan fingerprint density at radius 2 is 1.85 bits per heavy atom. The summed E-state index contributed by atoms with van der Waals surface area (Å²) in [5.41, 5.74) is 3.74. The molecule has 4 rings (SSSR count). The molecule has 0 saturated heterocycles. The highest BCUT2D eigenvalue weighted by molar-refractivity contribution is 5.92. The van der Waals surface area contributed by atoms with Crippen molar-refractivity contribution in [3.8, 4) is 5.69 Å². The maximum Gasteiger partial charge on any atom is 0.231 e. The quantitative estimate of drug-likeness (QED) is 0.569. The summed E-state index contributed by atoms with van der Waals surface area (Å²) in [7, 11) is 0. The highest BCUT2D eigenvalue weighted by Gasteiger charge is 2.13. The number of para-hydroxylation sites is 3. The lowest BCUT2D eigenvalue weighted by Crippen LogP contribution is -2.17. The summed E-state index contributed by atoms with van der Waals surface area (Å²) in [5, 5.41) is 7.30. The van der Waals surface area contributed by atoms with E-state index in [4.69, 9.17) is 0 Å². The van der Waals surface area contributed by atoms with E-state index >= 15 is 0 Å². The van der Waals surface area contributed by atoms with Crippen LogP contribution in [0.25, 0.3) is 16.7 Å². The minimum absolute atomic E-state index is 0.102. The van der Waals surface area contributed by atoms with E-state index in [0.29, 0.717) is 5.95 Å². The fourth-order valence-corrected chi connectivity index (χ4v) is 3.15. The number of nitrogens with zero attached hydrogens (tertiary/aromatic N) is 4. The van der Waals surface area contributed by atoms with Crippen molar-refractivity contribution in [3.05, 3.63) is 72.6 Å². The number of aryl methyl sites for hydroxylation is 1. The van der Waals surface area contributed by atoms with Crippen molar-refractivity contribution in [2.45, 2.75) is 26.3 Å². The van der Waals surface area contributed by atoms with Crippen molar-refractivity contribution in [1.29, 1.82) is 0 Å². The number of imidazole rings is 1. The van der Waals surface area contributed by atoms with E-state index in [1.165, 1.54) is 0 Å². The van der Waals surface area contributed by atoms with Crippen LogP contribution in [0.2, 0.25) is 0 Å². The zero-order valence-electron chi connectivity index (χ0n) is 15.2. The predicted octanol–water partition coefficient (Wildman–Crippen LogP) is 3.81. The van der Waals surface area contributed by atoms with Gasteiger partial charge in [-0.25, -0.2) is 9.67 Å². The molecule has 2 heterocycles. The lowest BCUT2D eigenvalue weighted by atomic mass is 10.2. The standard InChI is InChI=1S/C21H21N5O/c1-2-12-25-19-11-7-6-10-18(19)23-21(25)24-20(27)13-16-14-22-26(15-16)17-8-4-3-5-9-17/h3-11,14-15H,2,12-13H2,1H3,(H,23,24,27). The monoisotopic (exact) mass is 359 g/mol. The van der Waals surface area contributed by atoms with Crippen LogP contribution in [-0.2, 0) is 17.8 Å². The molecule has 0 unspecified atom stereocenters. The molecular weight excluding hydrogens is 338 g/mol. The molecule has 0 aliphatic rings. The number of carbonyl (C=O) groups excluding carboxylic acids is 1. The van der Waals surface area contributed by atoms with Crippen LogP contribution in [0.15, 0.2) is 67.0 Å². The number of fused-ring (bicyclic) bond motifs is 1. The van der Waals surface area contributed by atoms with Gasteiger partial charge in [-0.15, -0.1) is 0 Å². The average molecular weight is 359 g/mol. The van der Waals surface area contributed by atoms with Crippen LogP contribution in [0.5, 0.6) is 0 Å². The Morgan fingerprint density at radius 1 is 1.07 bits per heavy atom. The number of carbonyl (C=O) groups is 1. The average Bonchev–Trinajstić information content (AvgIpc) is 3.28. The number of hydrogen-bond acceptors (Lipinski definition) is 3. The van der Waals surface area contributed by atoms with Gasteiger partial charge in [0.2, 0.25) is 11.9 Å². The SMILES string of the molecule is CCCn1c(NC(=O)Cc2cnn(-c3ccccc3)c2)nc2ccccc21. The number of aromatic nitrogens is 4. The van der Waals surface area contributed by atoms with Crippen LogP contribution in [-0.4, -0.2) is 25.2 Å². The maximum absolute atomic E-state index is 12.6. The summed E-state index contributed by atoms with van der Waals surface area (Å²) < 4.78 is 3.83. The first-order valence-corrected chi connectivity index (χ1v) is 9.08. The van der Waals surface area contributed by atoms with Gasteiger partial charge in [-0.05, 0) is 36.2 Å². The smallest absolute Gasteiger partial charge is 0.231 e. The van der Waals surface area contributed by atoms with E-state index in [-0.39, 0.29) is 12.3 Å². The van der Waals surface area contributed by atoms with Crippen molar-refractivity contribution in [2.24, 2.45) is 0 Å². The predicted molar refractivity (Wildman–Crippen MR) is 106 cm³/mol. The molecule has 4 aromatic rings. The number of rotatable bonds is 6. The van der Waals surface area contributed by atoms with Crippen LogP contribution in [0.4, 0.5) is 5.95 Å². The van der Waals surface area contributed by atoms with Crippen LogP contribution in [0, 0.1) is 0 Å². The Hall–Kier alpha value is -3.41. The van der Waals surface area contributed by atoms with Gasteiger partial charge in [-0.2, -0.15) is 5.10 Å². The second kappa shape index (κ2) is 7.45. The summed E-state index contributed by atoms with van der Waals surface area (Å²) in [4.78, 5) is 17.1. The second-order valence-electron chi connectivity index (χ2n) is 6.43. The molecule has 0 fully saturated rings. The third-order valence-electron chi connectivity index (χ3n) is 4.37. The zero-order chi connectivity index (χ0) is 18.6. The van der Waals surface area contributed by atoms with E-state index in [1.54, 1.807) is 10.9 Å². The summed E-state index contributed by atoms with van der Waals surface area (Å²) >= 11 is 0. The maximum atomic E-state index is 12.6. The number of anilines is 1. The lowest BCUT2D eigenvalue weighted by Gasteiger charge is -2.08. The Kier molecular flexibility index (Phi) is 4.70. The van der Waals surface area contributed by atoms with Crippen LogP contribution in [0.3, 0.4) is 0 Å². The molecular formula is C21H21N5O. The minimum Gasteiger partial charge on any atom is -0.310 e. The van der Waals surface area contributed by atoms with E-state index < -0.39 is 0 Å². The molecule has 0 radical (unpaired) electrons. The lowest BCUT2D eigenvalue weighted by molar-refractivity contribution is -0.115. The van der Waals surface area contributed by atoms with Crippen molar-refractivity contribution < 1.29 is 4.79 Å². The van der Waals surface area contributed by atoms with Crippen LogP contribution < -0.4 is 5.32 Å². The highest BCUT2D eigenvalue weighted by Crippen LogP contribution is 2.20. The molecule has 136 valence electrons. The van der Waals surface area contributed by atoms with E-state index in [1.807, 2.05) is 60.8 Å². The fraction of sp³-hybridized carbons (Fsp3) is 0.190. The second-order valence-corrected chi connectivity index (χ2v) is 6.43. The molecule has 0 atom stereocenters. The first-order valence-electron chi connectivity index (χ1n) is 9.08. The molecule has 0 saturated carbocycles. The van der Waals surface area contributed by atoms with E-state index in [9.17, 15) is 4.79 Å². The summed E-state index contributed by atoms with van der Waals surface area (Å²) in [6.07, 6.45) is 4.82. The Balaban J connectivity index is 1.51. The van der Waals surface area contributed by atoms with Gasteiger partial charge in [0.1, 0.15) is 0 Å². The minimum atomic E-state index is -0.102. The van der Waals surface area contributed by atoms with Gasteiger partial charge in [-0.3, -0.25) is 10.1 Å². The van der Waals surface area contributed by atoms with Gasteiger partial charge in [0, 0.05) is 12.7 Å². The normalized spacial score (nSPS) is 11.0. The molecule has 2 aromatic heterocycles. The third-order valence-corrected chi connectivity index (χ3v) is 4.37. The Bertz CT molecular complexity index is 1060. The fourth-order valence-electron chi connectivity index (χ4n) is 3.15. The molecule has 27 heavy (non-hydrogen) atoms. The summed E-state index contributed by atoms with van der Waals surface area (Å²) in [6, 6.07) is 17.8. The van der Waals surface area contributed by atoms with Gasteiger partial charge in [-0.1, -0.05) is 37.3 Å². The molecule has 6 nitrogen and oxygen atoms in total. The molecule has 0 aliphatic carbocycles. The Morgan fingerprint density at radius 3 is 2.67 bits per heavy atom. The number of nitrogens with one attached hydrogen (secondary N) is 1. The van der Waals surface area contributed by atoms with Crippen LogP contribution in [0.1, 0.15) is 18.9 Å². The molecule has 1 amide bonds. The van der Waals surface area contributed by atoms with E-state index in [2.05, 4.69) is 26.9 Å². The Labute approximate surface area is 157 Å². The molecule has 0 aliphatic heterocycles. The van der Waals surface area contributed by atoms with Gasteiger partial charge in [0.05, 0.1) is 29.3 Å². The van der Waals surface area contributed by atoms with Gasteiger partial charge < -0.3 is 4.57 Å². The van der Waals surface area contributed by atoms with E-state index in [0.717, 1.165) is 35.2 Å². The number of hydrogen-bond donors (Lipinski definition) is 1. The van der Waals surface area contributed by atoms with Gasteiger partial charge in [0.25, 0.3) is 0 Å². The molecule has 1 N–H and O–H groups in total. The van der Waals surface area contributed by atoms with Crippen molar-refractivity contribution in [1.82, 2.24) is 19.3 Å². The third kappa shape index (κ3) is 3.60. The molecule has 0 bridgehead atoms. The van der Waals surface area contributed by atoms with Gasteiger partial charge >= 0.3 is 0 Å². The molecule has 2 aromatic carbocycles. The first-order chi connectivity index (χ1) is 13.2. The number of benzene rings is 2. The van der Waals surface area contributed by atoms with Crippen LogP contribution >= 0.6 is 0 Å². The molecule has 6 heteroatoms. The summed E-state index contributed by atoms with van der Waals surface area (Å²) in [6.45, 7) is 2.92. The first kappa shape index (κ1) is 17.0. The van der Waals surface area contributed by atoms with Crippen molar-refractivity contribution in [3.63, 3.8) is 0 Å².